The maximum absolute atomic E-state index is 5.77. The Morgan fingerprint density at radius 3 is 2.30 bits per heavy atom. The number of hydrogen-bond donors (Lipinski definition) is 2. The first kappa shape index (κ1) is 15.4. The molecule has 0 bridgehead atoms. The first-order chi connectivity index (χ1) is 9.41. The molecule has 1 aromatic rings. The summed E-state index contributed by atoms with van der Waals surface area (Å²) in [5.74, 6) is 0. The van der Waals surface area contributed by atoms with Gasteiger partial charge in [-0.3, -0.25) is 0 Å². The van der Waals surface area contributed by atoms with Crippen LogP contribution in [-0.4, -0.2) is 13.1 Å². The smallest absolute Gasteiger partial charge is 0.0314 e. The zero-order valence-corrected chi connectivity index (χ0v) is 13.3. The molecule has 112 valence electrons. The number of nitrogens with two attached hydrogens (primary N) is 1. The van der Waals surface area contributed by atoms with Crippen molar-refractivity contribution in [3.63, 3.8) is 0 Å². The van der Waals surface area contributed by atoms with Crippen molar-refractivity contribution in [2.75, 3.05) is 18.8 Å². The summed E-state index contributed by atoms with van der Waals surface area (Å²) in [7, 11) is 0. The van der Waals surface area contributed by atoms with Crippen molar-refractivity contribution in [1.29, 1.82) is 0 Å². The molecule has 0 spiro atoms. The molecule has 3 N–H and O–H groups in total. The predicted octanol–water partition coefficient (Wildman–Crippen LogP) is 4.11. The van der Waals surface area contributed by atoms with Gasteiger partial charge < -0.3 is 11.1 Å². The van der Waals surface area contributed by atoms with Gasteiger partial charge in [0, 0.05) is 24.2 Å². The SMILES string of the molecule is CC1(CNCC(C)(C)c2ccc(N)cc2)CCCCC1. The molecule has 20 heavy (non-hydrogen) atoms. The fourth-order valence-electron chi connectivity index (χ4n) is 3.30. The molecule has 2 nitrogen and oxygen atoms in total. The summed E-state index contributed by atoms with van der Waals surface area (Å²) in [6, 6.07) is 8.30. The summed E-state index contributed by atoms with van der Waals surface area (Å²) in [6.45, 7) is 9.21. The van der Waals surface area contributed by atoms with E-state index in [0.717, 1.165) is 18.8 Å². The van der Waals surface area contributed by atoms with E-state index in [1.165, 1.54) is 37.7 Å². The minimum absolute atomic E-state index is 0.152. The van der Waals surface area contributed by atoms with Gasteiger partial charge in [0.1, 0.15) is 0 Å². The Kier molecular flexibility index (Phi) is 4.74. The highest BCUT2D eigenvalue weighted by molar-refractivity contribution is 5.41. The molecule has 0 amide bonds. The molecule has 0 radical (unpaired) electrons. The third kappa shape index (κ3) is 3.99. The third-order valence-electron chi connectivity index (χ3n) is 4.87. The molecule has 0 atom stereocenters. The van der Waals surface area contributed by atoms with Crippen LogP contribution in [0.4, 0.5) is 5.69 Å². The second-order valence-corrected chi connectivity index (χ2v) is 7.48. The van der Waals surface area contributed by atoms with Crippen molar-refractivity contribution in [3.05, 3.63) is 29.8 Å². The molecule has 0 unspecified atom stereocenters. The van der Waals surface area contributed by atoms with Gasteiger partial charge in [-0.15, -0.1) is 0 Å². The Labute approximate surface area is 124 Å². The van der Waals surface area contributed by atoms with Crippen molar-refractivity contribution >= 4 is 5.69 Å². The molecule has 1 fully saturated rings. The summed E-state index contributed by atoms with van der Waals surface area (Å²) in [6.07, 6.45) is 6.98. The predicted molar refractivity (Wildman–Crippen MR) is 87.9 cm³/mol. The molecule has 2 rings (SSSR count). The van der Waals surface area contributed by atoms with E-state index >= 15 is 0 Å². The van der Waals surface area contributed by atoms with E-state index in [4.69, 9.17) is 5.73 Å². The molecule has 0 heterocycles. The lowest BCUT2D eigenvalue weighted by molar-refractivity contribution is 0.204. The van der Waals surface area contributed by atoms with Crippen molar-refractivity contribution in [1.82, 2.24) is 5.32 Å². The monoisotopic (exact) mass is 274 g/mol. The molecular formula is C18H30N2. The van der Waals surface area contributed by atoms with Gasteiger partial charge in [0.2, 0.25) is 0 Å². The van der Waals surface area contributed by atoms with Gasteiger partial charge in [0.05, 0.1) is 0 Å². The van der Waals surface area contributed by atoms with Crippen LogP contribution < -0.4 is 11.1 Å². The summed E-state index contributed by atoms with van der Waals surface area (Å²) >= 11 is 0. The van der Waals surface area contributed by atoms with Gasteiger partial charge in [0.15, 0.2) is 0 Å². The standard InChI is InChI=1S/C18H30N2/c1-17(2,15-7-9-16(19)10-8-15)13-20-14-18(3)11-5-4-6-12-18/h7-10,20H,4-6,11-14,19H2,1-3H3. The Hall–Kier alpha value is -1.02. The first-order valence-electron chi connectivity index (χ1n) is 7.98. The van der Waals surface area contributed by atoms with E-state index in [2.05, 4.69) is 38.2 Å². The van der Waals surface area contributed by atoms with E-state index in [-0.39, 0.29) is 5.41 Å². The third-order valence-corrected chi connectivity index (χ3v) is 4.87. The van der Waals surface area contributed by atoms with Crippen LogP contribution in [0.15, 0.2) is 24.3 Å². The highest BCUT2D eigenvalue weighted by Crippen LogP contribution is 2.35. The summed E-state index contributed by atoms with van der Waals surface area (Å²) < 4.78 is 0. The lowest BCUT2D eigenvalue weighted by Gasteiger charge is -2.35. The van der Waals surface area contributed by atoms with E-state index in [9.17, 15) is 0 Å². The topological polar surface area (TPSA) is 38.0 Å². The first-order valence-corrected chi connectivity index (χ1v) is 7.98. The quantitative estimate of drug-likeness (QED) is 0.793. The maximum atomic E-state index is 5.77. The molecule has 1 aliphatic carbocycles. The van der Waals surface area contributed by atoms with Crippen molar-refractivity contribution in [3.8, 4) is 0 Å². The van der Waals surface area contributed by atoms with E-state index in [1.54, 1.807) is 0 Å². The number of benzene rings is 1. The van der Waals surface area contributed by atoms with Crippen LogP contribution in [0.1, 0.15) is 58.4 Å². The maximum Gasteiger partial charge on any atom is 0.0314 e. The van der Waals surface area contributed by atoms with E-state index in [1.807, 2.05) is 12.1 Å². The van der Waals surface area contributed by atoms with Gasteiger partial charge in [-0.25, -0.2) is 0 Å². The Bertz CT molecular complexity index is 414. The van der Waals surface area contributed by atoms with Crippen LogP contribution in [0.3, 0.4) is 0 Å². The van der Waals surface area contributed by atoms with Crippen molar-refractivity contribution < 1.29 is 0 Å². The second-order valence-electron chi connectivity index (χ2n) is 7.48. The Morgan fingerprint density at radius 1 is 1.10 bits per heavy atom. The lowest BCUT2D eigenvalue weighted by atomic mass is 9.75. The lowest BCUT2D eigenvalue weighted by Crippen LogP contribution is -2.40. The van der Waals surface area contributed by atoms with Gasteiger partial charge in [-0.1, -0.05) is 52.2 Å². The molecular weight excluding hydrogens is 244 g/mol. The normalized spacial score (nSPS) is 18.9. The Balaban J connectivity index is 1.87. The molecule has 1 aromatic carbocycles. The fourth-order valence-corrected chi connectivity index (χ4v) is 3.30. The molecule has 0 saturated heterocycles. The van der Waals surface area contributed by atoms with Crippen LogP contribution >= 0.6 is 0 Å². The van der Waals surface area contributed by atoms with E-state index < -0.39 is 0 Å². The summed E-state index contributed by atoms with van der Waals surface area (Å²) in [5, 5.41) is 3.72. The zero-order chi connectivity index (χ0) is 14.6. The number of anilines is 1. The molecule has 1 aliphatic rings. The Morgan fingerprint density at radius 2 is 1.70 bits per heavy atom. The van der Waals surface area contributed by atoms with Gasteiger partial charge >= 0.3 is 0 Å². The zero-order valence-electron chi connectivity index (χ0n) is 13.3. The largest absolute Gasteiger partial charge is 0.399 e. The number of nitrogen functional groups attached to an aromatic ring is 1. The molecule has 1 saturated carbocycles. The van der Waals surface area contributed by atoms with Crippen LogP contribution in [0.25, 0.3) is 0 Å². The minimum atomic E-state index is 0.152. The molecule has 2 heteroatoms. The van der Waals surface area contributed by atoms with Crippen LogP contribution in [-0.2, 0) is 5.41 Å². The molecule has 0 aliphatic heterocycles. The summed E-state index contributed by atoms with van der Waals surface area (Å²) in [4.78, 5) is 0. The van der Waals surface area contributed by atoms with Crippen LogP contribution in [0, 0.1) is 5.41 Å². The van der Waals surface area contributed by atoms with Gasteiger partial charge in [-0.05, 0) is 36.0 Å². The van der Waals surface area contributed by atoms with Crippen molar-refractivity contribution in [2.45, 2.75) is 58.3 Å². The van der Waals surface area contributed by atoms with Crippen molar-refractivity contribution in [2.24, 2.45) is 5.41 Å². The average molecular weight is 274 g/mol. The van der Waals surface area contributed by atoms with Gasteiger partial charge in [0.25, 0.3) is 0 Å². The number of nitrogens with one attached hydrogen (secondary N) is 1. The van der Waals surface area contributed by atoms with Gasteiger partial charge in [-0.2, -0.15) is 0 Å². The molecule has 0 aromatic heterocycles. The highest BCUT2D eigenvalue weighted by atomic mass is 14.9. The summed E-state index contributed by atoms with van der Waals surface area (Å²) in [5.41, 5.74) is 8.62. The second kappa shape index (κ2) is 6.17. The highest BCUT2D eigenvalue weighted by Gasteiger charge is 2.27. The average Bonchev–Trinajstić information content (AvgIpc) is 2.39. The number of hydrogen-bond acceptors (Lipinski definition) is 2. The fraction of sp³-hybridized carbons (Fsp3) is 0.667. The number of rotatable bonds is 5. The van der Waals surface area contributed by atoms with E-state index in [0.29, 0.717) is 5.41 Å². The van der Waals surface area contributed by atoms with Crippen LogP contribution in [0.2, 0.25) is 0 Å². The van der Waals surface area contributed by atoms with Crippen LogP contribution in [0.5, 0.6) is 0 Å². The minimum Gasteiger partial charge on any atom is -0.399 e.